The maximum absolute atomic E-state index is 6.48. The van der Waals surface area contributed by atoms with Gasteiger partial charge in [0.1, 0.15) is 17.3 Å². The van der Waals surface area contributed by atoms with Crippen LogP contribution in [0, 0.1) is 0 Å². The summed E-state index contributed by atoms with van der Waals surface area (Å²) in [5.41, 5.74) is 13.3. The van der Waals surface area contributed by atoms with E-state index >= 15 is 0 Å². The lowest BCUT2D eigenvalue weighted by Crippen LogP contribution is -2.39. The summed E-state index contributed by atoms with van der Waals surface area (Å²) in [4.78, 5) is 0. The summed E-state index contributed by atoms with van der Waals surface area (Å²) in [6.07, 6.45) is 2.17. The molecule has 5 heteroatoms. The molecular formula is C52H36N4O. The molecule has 12 rings (SSSR count). The molecular weight excluding hydrogens is 697 g/mol. The van der Waals surface area contributed by atoms with Gasteiger partial charge in [-0.3, -0.25) is 5.32 Å². The zero-order valence-electron chi connectivity index (χ0n) is 30.9. The number of nitrogens with one attached hydrogen (secondary N) is 2. The van der Waals surface area contributed by atoms with E-state index in [2.05, 4.69) is 208 Å². The van der Waals surface area contributed by atoms with E-state index in [1.807, 2.05) is 6.07 Å². The van der Waals surface area contributed by atoms with E-state index in [4.69, 9.17) is 4.42 Å². The SMILES string of the molecule is C1=C(c2ccccc2)NC(c2cccc(-n3c4ccccc4c4ccc5c(c6cc7c(cc6n5-c5ccccc5)oc5ccccc57)c43)c2)NC1c1ccccc1. The van der Waals surface area contributed by atoms with Crippen molar-refractivity contribution in [1.29, 1.82) is 0 Å². The molecule has 3 aromatic heterocycles. The molecule has 0 amide bonds. The molecule has 0 saturated heterocycles. The van der Waals surface area contributed by atoms with Gasteiger partial charge < -0.3 is 18.9 Å². The molecule has 2 N–H and O–H groups in total. The standard InChI is InChI=1S/C52H36N4O/c1-4-15-33(16-5-1)43-31-44(34-17-6-2-7-18-34)54-52(53-43)35-19-14-22-37(29-35)56-45-25-12-10-23-38(45)40-27-28-46-50(51(40)56)42-30-41-39-24-11-13-26-48(39)57-49(41)32-47(42)55(46)36-20-8-3-9-21-36/h1-32,43,52-54H. The monoisotopic (exact) mass is 732 g/mol. The van der Waals surface area contributed by atoms with Gasteiger partial charge in [-0.1, -0.05) is 133 Å². The first-order chi connectivity index (χ1) is 28.3. The second kappa shape index (κ2) is 12.6. The third-order valence-electron chi connectivity index (χ3n) is 11.8. The van der Waals surface area contributed by atoms with Crippen molar-refractivity contribution in [3.8, 4) is 11.4 Å². The molecule has 1 aliphatic heterocycles. The van der Waals surface area contributed by atoms with Crippen molar-refractivity contribution in [3.63, 3.8) is 0 Å². The van der Waals surface area contributed by atoms with E-state index < -0.39 is 0 Å². The Morgan fingerprint density at radius 2 is 1.14 bits per heavy atom. The van der Waals surface area contributed by atoms with Crippen molar-refractivity contribution >= 4 is 71.2 Å². The molecule has 2 unspecified atom stereocenters. The third kappa shape index (κ3) is 4.99. The minimum Gasteiger partial charge on any atom is -0.456 e. The Bertz CT molecular complexity index is 3360. The van der Waals surface area contributed by atoms with Crippen molar-refractivity contribution in [2.75, 3.05) is 0 Å². The van der Waals surface area contributed by atoms with E-state index in [1.54, 1.807) is 0 Å². The van der Waals surface area contributed by atoms with Crippen molar-refractivity contribution in [2.24, 2.45) is 0 Å². The first-order valence-electron chi connectivity index (χ1n) is 19.6. The first-order valence-corrected chi connectivity index (χ1v) is 19.6. The molecule has 2 atom stereocenters. The van der Waals surface area contributed by atoms with Crippen LogP contribution in [0.1, 0.15) is 28.9 Å². The van der Waals surface area contributed by atoms with Gasteiger partial charge in [0.2, 0.25) is 0 Å². The van der Waals surface area contributed by atoms with Crippen molar-refractivity contribution < 1.29 is 4.42 Å². The Morgan fingerprint density at radius 3 is 1.98 bits per heavy atom. The summed E-state index contributed by atoms with van der Waals surface area (Å²) in [5, 5.41) is 14.9. The van der Waals surface area contributed by atoms with Crippen molar-refractivity contribution in [3.05, 3.63) is 211 Å². The lowest BCUT2D eigenvalue weighted by atomic mass is 9.98. The molecule has 270 valence electrons. The maximum atomic E-state index is 6.48. The van der Waals surface area contributed by atoms with Gasteiger partial charge in [-0.15, -0.1) is 0 Å². The number of furan rings is 1. The highest BCUT2D eigenvalue weighted by Gasteiger charge is 2.26. The molecule has 0 radical (unpaired) electrons. The fourth-order valence-corrected chi connectivity index (χ4v) is 9.21. The highest BCUT2D eigenvalue weighted by atomic mass is 16.3. The van der Waals surface area contributed by atoms with Gasteiger partial charge >= 0.3 is 0 Å². The van der Waals surface area contributed by atoms with Gasteiger partial charge in [0.15, 0.2) is 0 Å². The zero-order valence-corrected chi connectivity index (χ0v) is 30.9. The fourth-order valence-electron chi connectivity index (χ4n) is 9.21. The molecule has 57 heavy (non-hydrogen) atoms. The lowest BCUT2D eigenvalue weighted by molar-refractivity contribution is 0.442. The largest absolute Gasteiger partial charge is 0.456 e. The molecule has 4 heterocycles. The predicted molar refractivity (Wildman–Crippen MR) is 235 cm³/mol. The summed E-state index contributed by atoms with van der Waals surface area (Å²) < 4.78 is 11.4. The van der Waals surface area contributed by atoms with Crippen LogP contribution in [-0.4, -0.2) is 9.13 Å². The normalized spacial score (nSPS) is 15.9. The van der Waals surface area contributed by atoms with Crippen LogP contribution in [0.25, 0.3) is 82.6 Å². The minimum absolute atomic E-state index is 0.0316. The molecule has 0 saturated carbocycles. The maximum Gasteiger partial charge on any atom is 0.137 e. The average Bonchev–Trinajstić information content (AvgIpc) is 3.93. The highest BCUT2D eigenvalue weighted by Crippen LogP contribution is 2.44. The van der Waals surface area contributed by atoms with Crippen LogP contribution in [0.5, 0.6) is 0 Å². The molecule has 0 bridgehead atoms. The lowest BCUT2D eigenvalue weighted by Gasteiger charge is -2.33. The number of hydrogen-bond acceptors (Lipinski definition) is 3. The predicted octanol–water partition coefficient (Wildman–Crippen LogP) is 12.8. The summed E-state index contributed by atoms with van der Waals surface area (Å²) in [5.74, 6) is 0. The Hall–Kier alpha value is -7.34. The molecule has 0 spiro atoms. The average molecular weight is 733 g/mol. The topological polar surface area (TPSA) is 47.1 Å². The van der Waals surface area contributed by atoms with Crippen LogP contribution < -0.4 is 10.6 Å². The van der Waals surface area contributed by atoms with E-state index in [0.29, 0.717) is 0 Å². The fraction of sp³-hybridized carbons (Fsp3) is 0.0385. The summed E-state index contributed by atoms with van der Waals surface area (Å²) in [6.45, 7) is 0. The van der Waals surface area contributed by atoms with Gasteiger partial charge in [-0.2, -0.15) is 0 Å². The molecule has 11 aromatic rings. The van der Waals surface area contributed by atoms with E-state index in [9.17, 15) is 0 Å². The number of hydrogen-bond donors (Lipinski definition) is 2. The van der Waals surface area contributed by atoms with Crippen LogP contribution in [0.4, 0.5) is 0 Å². The number of rotatable bonds is 5. The van der Waals surface area contributed by atoms with Crippen LogP contribution in [0.3, 0.4) is 0 Å². The van der Waals surface area contributed by atoms with Gasteiger partial charge in [-0.25, -0.2) is 0 Å². The van der Waals surface area contributed by atoms with Crippen LogP contribution >= 0.6 is 0 Å². The van der Waals surface area contributed by atoms with Gasteiger partial charge in [0, 0.05) is 55.5 Å². The van der Waals surface area contributed by atoms with Crippen molar-refractivity contribution in [2.45, 2.75) is 12.2 Å². The Morgan fingerprint density at radius 1 is 0.439 bits per heavy atom. The molecule has 0 aliphatic carbocycles. The van der Waals surface area contributed by atoms with Crippen LogP contribution in [0.15, 0.2) is 199 Å². The molecule has 5 nitrogen and oxygen atoms in total. The van der Waals surface area contributed by atoms with Gasteiger partial charge in [0.25, 0.3) is 0 Å². The third-order valence-corrected chi connectivity index (χ3v) is 11.8. The summed E-state index contributed by atoms with van der Waals surface area (Å²) in [7, 11) is 0. The van der Waals surface area contributed by atoms with Crippen molar-refractivity contribution in [1.82, 2.24) is 19.8 Å². The number of nitrogens with zero attached hydrogens (tertiary/aromatic N) is 2. The Balaban J connectivity index is 1.11. The number of fused-ring (bicyclic) bond motifs is 10. The number of para-hydroxylation sites is 3. The summed E-state index contributed by atoms with van der Waals surface area (Å²) in [6, 6.07) is 67.4. The highest BCUT2D eigenvalue weighted by molar-refractivity contribution is 6.28. The zero-order chi connectivity index (χ0) is 37.5. The number of aromatic nitrogens is 2. The second-order valence-electron chi connectivity index (χ2n) is 15.0. The van der Waals surface area contributed by atoms with E-state index in [1.165, 1.54) is 43.7 Å². The van der Waals surface area contributed by atoms with E-state index in [0.717, 1.165) is 55.6 Å². The molecule has 1 aliphatic rings. The Kier molecular flexibility index (Phi) is 7.06. The molecule has 8 aromatic carbocycles. The summed E-state index contributed by atoms with van der Waals surface area (Å²) >= 11 is 0. The van der Waals surface area contributed by atoms with Gasteiger partial charge in [0.05, 0.1) is 28.1 Å². The first kappa shape index (κ1) is 32.0. The number of benzene rings is 8. The van der Waals surface area contributed by atoms with E-state index in [-0.39, 0.29) is 12.2 Å². The minimum atomic E-state index is -0.133. The molecule has 0 fully saturated rings. The Labute approximate surface area is 328 Å². The smallest absolute Gasteiger partial charge is 0.137 e. The second-order valence-corrected chi connectivity index (χ2v) is 15.0. The quantitative estimate of drug-likeness (QED) is 0.185. The van der Waals surface area contributed by atoms with Crippen LogP contribution in [0.2, 0.25) is 0 Å². The van der Waals surface area contributed by atoms with Gasteiger partial charge in [-0.05, 0) is 71.3 Å². The van der Waals surface area contributed by atoms with Crippen LogP contribution in [-0.2, 0) is 0 Å².